The van der Waals surface area contributed by atoms with E-state index in [1.807, 2.05) is 6.07 Å². The van der Waals surface area contributed by atoms with Gasteiger partial charge in [-0.3, -0.25) is 0 Å². The lowest BCUT2D eigenvalue weighted by molar-refractivity contribution is 0.440. The SMILES string of the molecule is Cc1ccc(CNCC2CC=CCC2)c(Cl)c1. The van der Waals surface area contributed by atoms with Crippen LogP contribution in [0.15, 0.2) is 30.4 Å². The molecule has 1 aromatic carbocycles. The van der Waals surface area contributed by atoms with Crippen LogP contribution in [-0.2, 0) is 6.54 Å². The molecule has 0 spiro atoms. The molecule has 0 bridgehead atoms. The van der Waals surface area contributed by atoms with Gasteiger partial charge >= 0.3 is 0 Å². The van der Waals surface area contributed by atoms with E-state index in [2.05, 4.69) is 36.5 Å². The maximum Gasteiger partial charge on any atom is 0.0453 e. The fourth-order valence-corrected chi connectivity index (χ4v) is 2.55. The first kappa shape index (κ1) is 12.7. The van der Waals surface area contributed by atoms with E-state index in [1.54, 1.807) is 0 Å². The van der Waals surface area contributed by atoms with Gasteiger partial charge in [0.2, 0.25) is 0 Å². The van der Waals surface area contributed by atoms with Crippen molar-refractivity contribution >= 4 is 11.6 Å². The first-order valence-corrected chi connectivity index (χ1v) is 6.74. The van der Waals surface area contributed by atoms with Gasteiger partial charge in [-0.2, -0.15) is 0 Å². The first-order valence-electron chi connectivity index (χ1n) is 6.36. The summed E-state index contributed by atoms with van der Waals surface area (Å²) >= 11 is 6.20. The highest BCUT2D eigenvalue weighted by Crippen LogP contribution is 2.19. The van der Waals surface area contributed by atoms with Gasteiger partial charge in [0.15, 0.2) is 0 Å². The summed E-state index contributed by atoms with van der Waals surface area (Å²) in [6.45, 7) is 4.03. The average Bonchev–Trinajstić information content (AvgIpc) is 2.33. The third kappa shape index (κ3) is 3.86. The van der Waals surface area contributed by atoms with Crippen LogP contribution < -0.4 is 5.32 Å². The molecule has 1 aliphatic carbocycles. The van der Waals surface area contributed by atoms with Crippen molar-refractivity contribution < 1.29 is 0 Å². The second-order valence-electron chi connectivity index (χ2n) is 4.88. The van der Waals surface area contributed by atoms with E-state index in [-0.39, 0.29) is 0 Å². The van der Waals surface area contributed by atoms with Crippen molar-refractivity contribution in [1.82, 2.24) is 5.32 Å². The largest absolute Gasteiger partial charge is 0.312 e. The van der Waals surface area contributed by atoms with E-state index in [9.17, 15) is 0 Å². The quantitative estimate of drug-likeness (QED) is 0.793. The van der Waals surface area contributed by atoms with Crippen LogP contribution in [-0.4, -0.2) is 6.54 Å². The molecule has 2 heteroatoms. The number of allylic oxidation sites excluding steroid dienone is 2. The smallest absolute Gasteiger partial charge is 0.0453 e. The van der Waals surface area contributed by atoms with Crippen LogP contribution in [0.2, 0.25) is 5.02 Å². The number of hydrogen-bond acceptors (Lipinski definition) is 1. The number of aryl methyl sites for hydroxylation is 1. The lowest BCUT2D eigenvalue weighted by atomic mass is 9.94. The Hall–Kier alpha value is -0.790. The maximum atomic E-state index is 6.20. The maximum absolute atomic E-state index is 6.20. The third-order valence-corrected chi connectivity index (χ3v) is 3.69. The van der Waals surface area contributed by atoms with Crippen LogP contribution in [0.3, 0.4) is 0 Å². The lowest BCUT2D eigenvalue weighted by Gasteiger charge is -2.18. The minimum Gasteiger partial charge on any atom is -0.312 e. The van der Waals surface area contributed by atoms with E-state index in [4.69, 9.17) is 11.6 Å². The normalized spacial score (nSPS) is 19.5. The van der Waals surface area contributed by atoms with Crippen molar-refractivity contribution in [3.8, 4) is 0 Å². The number of halogens is 1. The van der Waals surface area contributed by atoms with Crippen LogP contribution in [0.4, 0.5) is 0 Å². The monoisotopic (exact) mass is 249 g/mol. The lowest BCUT2D eigenvalue weighted by Crippen LogP contribution is -2.23. The molecule has 1 aliphatic rings. The van der Waals surface area contributed by atoms with Gasteiger partial charge in [-0.1, -0.05) is 35.9 Å². The zero-order valence-electron chi connectivity index (χ0n) is 10.4. The summed E-state index contributed by atoms with van der Waals surface area (Å²) in [6.07, 6.45) is 8.35. The molecule has 0 amide bonds. The number of nitrogens with one attached hydrogen (secondary N) is 1. The second-order valence-corrected chi connectivity index (χ2v) is 5.28. The van der Waals surface area contributed by atoms with Crippen molar-refractivity contribution in [3.05, 3.63) is 46.5 Å². The minimum absolute atomic E-state index is 0.796. The average molecular weight is 250 g/mol. The molecule has 0 heterocycles. The van der Waals surface area contributed by atoms with E-state index in [0.717, 1.165) is 24.0 Å². The Labute approximate surface area is 109 Å². The summed E-state index contributed by atoms with van der Waals surface area (Å²) < 4.78 is 0. The van der Waals surface area contributed by atoms with Gasteiger partial charge in [-0.25, -0.2) is 0 Å². The summed E-state index contributed by atoms with van der Waals surface area (Å²) in [5.41, 5.74) is 2.42. The highest BCUT2D eigenvalue weighted by atomic mass is 35.5. The molecular weight excluding hydrogens is 230 g/mol. The van der Waals surface area contributed by atoms with Gasteiger partial charge in [0, 0.05) is 11.6 Å². The molecule has 92 valence electrons. The summed E-state index contributed by atoms with van der Waals surface area (Å²) in [5, 5.41) is 4.39. The van der Waals surface area contributed by atoms with E-state index in [1.165, 1.54) is 30.4 Å². The summed E-state index contributed by atoms with van der Waals surface area (Å²) in [5.74, 6) is 0.796. The number of hydrogen-bond donors (Lipinski definition) is 1. The topological polar surface area (TPSA) is 12.0 Å². The van der Waals surface area contributed by atoms with Crippen LogP contribution in [0.1, 0.15) is 30.4 Å². The van der Waals surface area contributed by atoms with E-state index >= 15 is 0 Å². The Morgan fingerprint density at radius 2 is 2.24 bits per heavy atom. The van der Waals surface area contributed by atoms with Crippen LogP contribution >= 0.6 is 11.6 Å². The fourth-order valence-electron chi connectivity index (χ4n) is 2.25. The fraction of sp³-hybridized carbons (Fsp3) is 0.467. The van der Waals surface area contributed by atoms with Crippen LogP contribution in [0, 0.1) is 12.8 Å². The molecule has 1 N–H and O–H groups in total. The highest BCUT2D eigenvalue weighted by molar-refractivity contribution is 6.31. The summed E-state index contributed by atoms with van der Waals surface area (Å²) in [4.78, 5) is 0. The molecule has 0 radical (unpaired) electrons. The molecule has 0 saturated carbocycles. The third-order valence-electron chi connectivity index (χ3n) is 3.33. The molecule has 0 fully saturated rings. The van der Waals surface area contributed by atoms with Crippen molar-refractivity contribution in [2.75, 3.05) is 6.54 Å². The first-order chi connectivity index (χ1) is 8.25. The molecule has 1 unspecified atom stereocenters. The standard InChI is InChI=1S/C15H20ClN/c1-12-7-8-14(15(16)9-12)11-17-10-13-5-3-2-4-6-13/h2-3,7-9,13,17H,4-6,10-11H2,1H3. The van der Waals surface area contributed by atoms with Gasteiger partial charge in [-0.15, -0.1) is 0 Å². The highest BCUT2D eigenvalue weighted by Gasteiger charge is 2.09. The van der Waals surface area contributed by atoms with Gasteiger partial charge < -0.3 is 5.32 Å². The molecule has 0 saturated heterocycles. The van der Waals surface area contributed by atoms with E-state index in [0.29, 0.717) is 0 Å². The number of rotatable bonds is 4. The van der Waals surface area contributed by atoms with Gasteiger partial charge in [0.05, 0.1) is 0 Å². The Bertz CT molecular complexity index is 398. The van der Waals surface area contributed by atoms with Crippen LogP contribution in [0.5, 0.6) is 0 Å². The van der Waals surface area contributed by atoms with Crippen molar-refractivity contribution in [2.24, 2.45) is 5.92 Å². The summed E-state index contributed by atoms with van der Waals surface area (Å²) in [6, 6.07) is 6.26. The van der Waals surface area contributed by atoms with Gasteiger partial charge in [-0.05, 0) is 55.8 Å². The second kappa shape index (κ2) is 6.23. The molecular formula is C15H20ClN. The Morgan fingerprint density at radius 3 is 2.94 bits per heavy atom. The molecule has 1 aromatic rings. The molecule has 1 nitrogen and oxygen atoms in total. The predicted octanol–water partition coefficient (Wildman–Crippen LogP) is 4.09. The van der Waals surface area contributed by atoms with E-state index < -0.39 is 0 Å². The molecule has 17 heavy (non-hydrogen) atoms. The van der Waals surface area contributed by atoms with Gasteiger partial charge in [0.1, 0.15) is 0 Å². The minimum atomic E-state index is 0.796. The van der Waals surface area contributed by atoms with Crippen LogP contribution in [0.25, 0.3) is 0 Å². The Morgan fingerprint density at radius 1 is 1.35 bits per heavy atom. The summed E-state index contributed by atoms with van der Waals surface area (Å²) in [7, 11) is 0. The molecule has 0 aliphatic heterocycles. The zero-order valence-corrected chi connectivity index (χ0v) is 11.1. The van der Waals surface area contributed by atoms with Crippen molar-refractivity contribution in [2.45, 2.75) is 32.7 Å². The van der Waals surface area contributed by atoms with Gasteiger partial charge in [0.25, 0.3) is 0 Å². The predicted molar refractivity (Wildman–Crippen MR) is 74.4 cm³/mol. The van der Waals surface area contributed by atoms with Crippen molar-refractivity contribution in [1.29, 1.82) is 0 Å². The Balaban J connectivity index is 1.79. The molecule has 0 aromatic heterocycles. The number of benzene rings is 1. The zero-order chi connectivity index (χ0) is 12.1. The molecule has 2 rings (SSSR count). The van der Waals surface area contributed by atoms with Crippen molar-refractivity contribution in [3.63, 3.8) is 0 Å². The molecule has 1 atom stereocenters. The Kier molecular flexibility index (Phi) is 4.64.